The predicted molar refractivity (Wildman–Crippen MR) is 218 cm³/mol. The highest BCUT2D eigenvalue weighted by molar-refractivity contribution is 6.32. The van der Waals surface area contributed by atoms with Gasteiger partial charge in [0.1, 0.15) is 0 Å². The number of piperidine rings is 2. The zero-order valence-corrected chi connectivity index (χ0v) is 34.7. The molecule has 322 valence electrons. The van der Waals surface area contributed by atoms with Gasteiger partial charge in [-0.15, -0.1) is 0 Å². The fourth-order valence-corrected chi connectivity index (χ4v) is 8.78. The van der Waals surface area contributed by atoms with Crippen LogP contribution in [0.4, 0.5) is 15.3 Å². The number of aryl methyl sites for hydroxylation is 2. The summed E-state index contributed by atoms with van der Waals surface area (Å²) in [6.45, 7) is 5.27. The van der Waals surface area contributed by atoms with Crippen molar-refractivity contribution in [2.75, 3.05) is 84.9 Å². The van der Waals surface area contributed by atoms with E-state index in [9.17, 15) is 33.6 Å². The number of amides is 6. The summed E-state index contributed by atoms with van der Waals surface area (Å²) in [6.07, 6.45) is 1.53. The van der Waals surface area contributed by atoms with Crippen LogP contribution in [0.1, 0.15) is 42.4 Å². The zero-order valence-electron chi connectivity index (χ0n) is 34.7. The third kappa shape index (κ3) is 9.27. The molecule has 5 heterocycles. The number of esters is 1. The minimum atomic E-state index is -1.14. The van der Waals surface area contributed by atoms with Gasteiger partial charge in [-0.3, -0.25) is 23.9 Å². The lowest BCUT2D eigenvalue weighted by atomic mass is 9.99. The maximum absolute atomic E-state index is 14.3. The Bertz CT molecular complexity index is 2180. The molecule has 1 N–H and O–H groups in total. The minimum absolute atomic E-state index is 0.0534. The highest BCUT2D eigenvalue weighted by atomic mass is 16.6. The number of benzene rings is 2. The van der Waals surface area contributed by atoms with E-state index in [1.807, 2.05) is 42.2 Å². The molecule has 3 fully saturated rings. The number of carbonyl (C=O) groups excluding carboxylic acids is 6. The van der Waals surface area contributed by atoms with Crippen LogP contribution in [0, 0.1) is 6.92 Å². The highest BCUT2D eigenvalue weighted by Crippen LogP contribution is 2.27. The Labute approximate surface area is 347 Å². The van der Waals surface area contributed by atoms with Crippen LogP contribution in [0.3, 0.4) is 0 Å². The summed E-state index contributed by atoms with van der Waals surface area (Å²) in [4.78, 5) is 101. The SMILES string of the molecule is Cc1cc(C[C@@H](OC(=O)N2CCC(N3CCc4ccccc4NC3=O)CC2)C(=O)N2CCC(N3CCN(C(=O)C(=O)OCC(=O)N(C)C)CC3)CC2)cc2oc(=O)n(C)c12. The largest absolute Gasteiger partial charge is 0.448 e. The third-order valence-corrected chi connectivity index (χ3v) is 12.3. The average Bonchev–Trinajstić information content (AvgIpc) is 3.43. The molecule has 4 aliphatic rings. The molecule has 1 aromatic heterocycles. The fraction of sp³-hybridized carbons (Fsp3) is 0.548. The first kappa shape index (κ1) is 42.2. The summed E-state index contributed by atoms with van der Waals surface area (Å²) in [6, 6.07) is 11.3. The van der Waals surface area contributed by atoms with Gasteiger partial charge in [0.15, 0.2) is 18.3 Å². The maximum Gasteiger partial charge on any atom is 0.419 e. The Morgan fingerprint density at radius 2 is 1.52 bits per heavy atom. The highest BCUT2D eigenvalue weighted by Gasteiger charge is 2.37. The van der Waals surface area contributed by atoms with E-state index in [0.29, 0.717) is 101 Å². The molecule has 0 radical (unpaired) electrons. The van der Waals surface area contributed by atoms with Crippen molar-refractivity contribution in [2.24, 2.45) is 7.05 Å². The number of nitrogens with zero attached hydrogens (tertiary/aromatic N) is 7. The van der Waals surface area contributed by atoms with Gasteiger partial charge in [0, 0.05) is 104 Å². The normalized spacial score (nSPS) is 18.7. The Morgan fingerprint density at radius 3 is 2.22 bits per heavy atom. The topological polar surface area (TPSA) is 187 Å². The summed E-state index contributed by atoms with van der Waals surface area (Å²) in [7, 11) is 4.70. The zero-order chi connectivity index (χ0) is 42.7. The number of hydrogen-bond donors (Lipinski definition) is 1. The molecule has 6 amide bonds. The standard InChI is InChI=1S/C42H54N8O10/c1-27-23-28(24-33-36(27)45(4)41(56)59-33)25-34(60-42(57)49-16-12-31(13-17-49)50-18-9-29-7-5-6-8-32(29)43-40(50)55)37(52)47-14-10-30(11-15-47)46-19-21-48(22-20-46)38(53)39(54)58-26-35(51)44(2)3/h5-8,23-24,30-31,34H,9-22,25-26H2,1-4H3,(H,43,55)/t34-/m1/s1. The molecular weight excluding hydrogens is 777 g/mol. The molecule has 0 saturated carbocycles. The van der Waals surface area contributed by atoms with E-state index in [0.717, 1.165) is 23.2 Å². The van der Waals surface area contributed by atoms with Crippen LogP contribution in [0.15, 0.2) is 45.6 Å². The molecule has 3 aromatic rings. The van der Waals surface area contributed by atoms with Gasteiger partial charge in [-0.1, -0.05) is 24.3 Å². The van der Waals surface area contributed by atoms with E-state index in [2.05, 4.69) is 10.2 Å². The lowest BCUT2D eigenvalue weighted by molar-refractivity contribution is -0.163. The van der Waals surface area contributed by atoms with Crippen molar-refractivity contribution in [2.45, 2.75) is 63.6 Å². The Balaban J connectivity index is 0.961. The third-order valence-electron chi connectivity index (χ3n) is 12.3. The summed E-state index contributed by atoms with van der Waals surface area (Å²) in [5, 5.41) is 3.03. The number of likely N-dealkylation sites (tertiary alicyclic amines) is 2. The number of nitrogens with one attached hydrogen (secondary N) is 1. The number of para-hydroxylation sites is 1. The first-order valence-corrected chi connectivity index (χ1v) is 20.7. The van der Waals surface area contributed by atoms with Crippen LogP contribution in [-0.4, -0.2) is 168 Å². The first-order valence-electron chi connectivity index (χ1n) is 20.7. The summed E-state index contributed by atoms with van der Waals surface area (Å²) < 4.78 is 17.9. The number of likely N-dealkylation sites (N-methyl/N-ethyl adjacent to an activating group) is 1. The van der Waals surface area contributed by atoms with Crippen molar-refractivity contribution in [1.82, 2.24) is 34.0 Å². The number of carbonyl (C=O) groups is 6. The molecule has 0 unspecified atom stereocenters. The van der Waals surface area contributed by atoms with Crippen LogP contribution in [0.25, 0.3) is 11.1 Å². The van der Waals surface area contributed by atoms with Gasteiger partial charge in [-0.05, 0) is 67.9 Å². The average molecular weight is 831 g/mol. The molecule has 3 saturated heterocycles. The second-order valence-electron chi connectivity index (χ2n) is 16.3. The smallest absolute Gasteiger partial charge is 0.419 e. The number of piperazine rings is 1. The fourth-order valence-electron chi connectivity index (χ4n) is 8.78. The van der Waals surface area contributed by atoms with Crippen molar-refractivity contribution in [3.05, 3.63) is 63.6 Å². The number of ether oxygens (including phenoxy) is 2. The van der Waals surface area contributed by atoms with Gasteiger partial charge in [-0.2, -0.15) is 0 Å². The van der Waals surface area contributed by atoms with E-state index >= 15 is 0 Å². The number of rotatable bonds is 8. The number of urea groups is 1. The van der Waals surface area contributed by atoms with E-state index in [4.69, 9.17) is 13.9 Å². The lowest BCUT2D eigenvalue weighted by Gasteiger charge is -2.43. The van der Waals surface area contributed by atoms with Crippen molar-refractivity contribution in [1.29, 1.82) is 0 Å². The molecule has 2 aromatic carbocycles. The quantitative estimate of drug-likeness (QED) is 0.258. The van der Waals surface area contributed by atoms with Gasteiger partial charge in [0.2, 0.25) is 0 Å². The molecule has 0 spiro atoms. The van der Waals surface area contributed by atoms with E-state index < -0.39 is 42.3 Å². The van der Waals surface area contributed by atoms with Gasteiger partial charge in [0.05, 0.1) is 5.52 Å². The molecule has 0 aliphatic carbocycles. The molecule has 18 nitrogen and oxygen atoms in total. The van der Waals surface area contributed by atoms with Crippen molar-refractivity contribution in [3.63, 3.8) is 0 Å². The maximum atomic E-state index is 14.3. The van der Waals surface area contributed by atoms with Gasteiger partial charge in [-0.25, -0.2) is 19.2 Å². The molecule has 4 aliphatic heterocycles. The lowest BCUT2D eigenvalue weighted by Crippen LogP contribution is -2.56. The molecule has 60 heavy (non-hydrogen) atoms. The van der Waals surface area contributed by atoms with Crippen LogP contribution in [0.5, 0.6) is 0 Å². The van der Waals surface area contributed by atoms with E-state index in [-0.39, 0.29) is 30.4 Å². The van der Waals surface area contributed by atoms with Crippen LogP contribution in [-0.2, 0) is 48.5 Å². The molecule has 0 bridgehead atoms. The number of fused-ring (bicyclic) bond motifs is 2. The monoisotopic (exact) mass is 830 g/mol. The van der Waals surface area contributed by atoms with Gasteiger partial charge >= 0.3 is 29.8 Å². The van der Waals surface area contributed by atoms with E-state index in [1.54, 1.807) is 22.9 Å². The summed E-state index contributed by atoms with van der Waals surface area (Å²) in [5.41, 5.74) is 4.41. The second-order valence-corrected chi connectivity index (χ2v) is 16.3. The number of hydrogen-bond acceptors (Lipinski definition) is 11. The van der Waals surface area contributed by atoms with E-state index in [1.165, 1.54) is 28.5 Å². The van der Waals surface area contributed by atoms with Crippen LogP contribution >= 0.6 is 0 Å². The first-order chi connectivity index (χ1) is 28.8. The molecule has 18 heteroatoms. The molecule has 7 rings (SSSR count). The Morgan fingerprint density at radius 1 is 0.850 bits per heavy atom. The second kappa shape index (κ2) is 18.1. The van der Waals surface area contributed by atoms with Gasteiger partial charge in [0.25, 0.3) is 11.8 Å². The molecular formula is C42H54N8O10. The van der Waals surface area contributed by atoms with Crippen LogP contribution < -0.4 is 11.1 Å². The predicted octanol–water partition coefficient (Wildman–Crippen LogP) is 1.81. The van der Waals surface area contributed by atoms with Crippen molar-refractivity contribution >= 4 is 52.6 Å². The van der Waals surface area contributed by atoms with Crippen LogP contribution in [0.2, 0.25) is 0 Å². The summed E-state index contributed by atoms with van der Waals surface area (Å²) >= 11 is 0. The van der Waals surface area contributed by atoms with Crippen molar-refractivity contribution in [3.8, 4) is 0 Å². The Kier molecular flexibility index (Phi) is 12.8. The van der Waals surface area contributed by atoms with Crippen molar-refractivity contribution < 1.29 is 42.7 Å². The summed E-state index contributed by atoms with van der Waals surface area (Å²) in [5.74, 6) is -3.06. The Hall–Kier alpha value is -5.91. The molecule has 1 atom stereocenters. The van der Waals surface area contributed by atoms with Gasteiger partial charge < -0.3 is 43.7 Å². The minimum Gasteiger partial charge on any atom is -0.448 e. The number of aromatic nitrogens is 1. The number of anilines is 1. The number of oxazole rings is 1.